The molecule has 0 radical (unpaired) electrons. The summed E-state index contributed by atoms with van der Waals surface area (Å²) in [5, 5.41) is 7.99. The number of hydrogen-bond acceptors (Lipinski definition) is 7. The maximum atomic E-state index is 13.1. The zero-order valence-electron chi connectivity index (χ0n) is 20.3. The number of rotatable bonds is 6. The number of hydrogen-bond donors (Lipinski definition) is 1. The third kappa shape index (κ3) is 4.90. The molecule has 0 bridgehead atoms. The van der Waals surface area contributed by atoms with Gasteiger partial charge < -0.3 is 10.1 Å². The minimum Gasteiger partial charge on any atom is -0.496 e. The fourth-order valence-corrected chi connectivity index (χ4v) is 5.44. The van der Waals surface area contributed by atoms with Gasteiger partial charge >= 0.3 is 0 Å². The van der Waals surface area contributed by atoms with Gasteiger partial charge in [0.05, 0.1) is 24.1 Å². The molecule has 0 aliphatic carbocycles. The van der Waals surface area contributed by atoms with Crippen molar-refractivity contribution in [3.8, 4) is 16.3 Å². The summed E-state index contributed by atoms with van der Waals surface area (Å²) >= 11 is 1.27. The van der Waals surface area contributed by atoms with E-state index in [-0.39, 0.29) is 17.5 Å². The van der Waals surface area contributed by atoms with E-state index in [4.69, 9.17) is 4.74 Å². The first-order valence-corrected chi connectivity index (χ1v) is 12.3. The minimum atomic E-state index is -0.203. The largest absolute Gasteiger partial charge is 0.496 e. The molecule has 9 heteroatoms. The molecule has 1 amide bonds. The predicted octanol–water partition coefficient (Wildman–Crippen LogP) is 3.23. The van der Waals surface area contributed by atoms with Crippen molar-refractivity contribution in [2.24, 2.45) is 7.05 Å². The van der Waals surface area contributed by atoms with Crippen molar-refractivity contribution in [1.82, 2.24) is 25.0 Å². The maximum absolute atomic E-state index is 13.1. The summed E-state index contributed by atoms with van der Waals surface area (Å²) in [7, 11) is 3.33. The topological polar surface area (TPSA) is 89.4 Å². The maximum Gasteiger partial charge on any atom is 0.277 e. The first kappa shape index (κ1) is 24.1. The predicted molar refractivity (Wildman–Crippen MR) is 134 cm³/mol. The summed E-state index contributed by atoms with van der Waals surface area (Å²) < 4.78 is 6.80. The van der Waals surface area contributed by atoms with E-state index in [0.717, 1.165) is 49.5 Å². The lowest BCUT2D eigenvalue weighted by atomic mass is 10.0. The van der Waals surface area contributed by atoms with Gasteiger partial charge in [-0.15, -0.1) is 11.3 Å². The van der Waals surface area contributed by atoms with Crippen LogP contribution in [-0.2, 0) is 13.6 Å². The van der Waals surface area contributed by atoms with Crippen LogP contribution in [-0.4, -0.2) is 51.8 Å². The Morgan fingerprint density at radius 2 is 1.88 bits per heavy atom. The number of amides is 1. The molecule has 3 aromatic rings. The number of aromatic nitrogens is 3. The van der Waals surface area contributed by atoms with E-state index in [9.17, 15) is 9.59 Å². The third-order valence-electron chi connectivity index (χ3n) is 6.45. The van der Waals surface area contributed by atoms with Gasteiger partial charge in [-0.3, -0.25) is 14.5 Å². The smallest absolute Gasteiger partial charge is 0.277 e. The summed E-state index contributed by atoms with van der Waals surface area (Å²) in [5.74, 6) is 0.786. The minimum absolute atomic E-state index is 0.115. The molecule has 34 heavy (non-hydrogen) atoms. The number of aryl methyl sites for hydroxylation is 3. The lowest BCUT2D eigenvalue weighted by molar-refractivity contribution is 0.0912. The SMILES string of the molecule is COc1ccccc1CN1CCC(NC(=O)c2sc(-c3c(C)c(C)nn(C)c3=O)nc2C)CC1. The number of carbonyl (C=O) groups excluding carboxylic acids is 1. The number of carbonyl (C=O) groups is 1. The van der Waals surface area contributed by atoms with Crippen molar-refractivity contribution in [1.29, 1.82) is 0 Å². The molecule has 1 saturated heterocycles. The molecule has 0 saturated carbocycles. The number of nitrogens with zero attached hydrogens (tertiary/aromatic N) is 4. The normalized spacial score (nSPS) is 14.9. The number of thiazole rings is 1. The van der Waals surface area contributed by atoms with Crippen LogP contribution in [0.15, 0.2) is 29.1 Å². The Morgan fingerprint density at radius 1 is 1.18 bits per heavy atom. The van der Waals surface area contributed by atoms with Crippen molar-refractivity contribution in [3.63, 3.8) is 0 Å². The monoisotopic (exact) mass is 481 g/mol. The van der Waals surface area contributed by atoms with E-state index in [1.54, 1.807) is 14.2 Å². The van der Waals surface area contributed by atoms with Crippen molar-refractivity contribution >= 4 is 17.2 Å². The average molecular weight is 482 g/mol. The van der Waals surface area contributed by atoms with Crippen LogP contribution >= 0.6 is 11.3 Å². The van der Waals surface area contributed by atoms with Crippen LogP contribution < -0.4 is 15.6 Å². The molecule has 3 heterocycles. The first-order chi connectivity index (χ1) is 16.3. The van der Waals surface area contributed by atoms with E-state index in [1.165, 1.54) is 21.6 Å². The second-order valence-corrected chi connectivity index (χ2v) is 9.78. The Balaban J connectivity index is 1.41. The van der Waals surface area contributed by atoms with Gasteiger partial charge in [-0.2, -0.15) is 5.10 Å². The van der Waals surface area contributed by atoms with Gasteiger partial charge in [0.15, 0.2) is 0 Å². The summed E-state index contributed by atoms with van der Waals surface area (Å²) in [5.41, 5.74) is 3.70. The Bertz CT molecular complexity index is 1260. The van der Waals surface area contributed by atoms with Gasteiger partial charge in [-0.1, -0.05) is 18.2 Å². The molecule has 1 aliphatic heterocycles. The lowest BCUT2D eigenvalue weighted by Gasteiger charge is -2.32. The van der Waals surface area contributed by atoms with E-state index in [1.807, 2.05) is 39.0 Å². The quantitative estimate of drug-likeness (QED) is 0.582. The molecule has 180 valence electrons. The molecule has 4 rings (SSSR count). The van der Waals surface area contributed by atoms with Crippen molar-refractivity contribution in [2.45, 2.75) is 46.2 Å². The number of methoxy groups -OCH3 is 1. The van der Waals surface area contributed by atoms with Gasteiger partial charge in [0.25, 0.3) is 11.5 Å². The van der Waals surface area contributed by atoms with Gasteiger partial charge in [-0.25, -0.2) is 9.67 Å². The van der Waals surface area contributed by atoms with E-state index in [0.29, 0.717) is 21.1 Å². The number of para-hydroxylation sites is 1. The highest BCUT2D eigenvalue weighted by molar-refractivity contribution is 7.17. The number of piperidine rings is 1. The van der Waals surface area contributed by atoms with Crippen LogP contribution in [0.1, 0.15) is 45.0 Å². The van der Waals surface area contributed by atoms with Crippen LogP contribution in [0.4, 0.5) is 0 Å². The molecular weight excluding hydrogens is 450 g/mol. The Hall–Kier alpha value is -3.04. The van der Waals surface area contributed by atoms with E-state index >= 15 is 0 Å². The van der Waals surface area contributed by atoms with Crippen LogP contribution in [0, 0.1) is 20.8 Å². The van der Waals surface area contributed by atoms with Gasteiger partial charge in [0, 0.05) is 38.3 Å². The fourth-order valence-electron chi connectivity index (χ4n) is 4.38. The summed E-state index contributed by atoms with van der Waals surface area (Å²) in [6.45, 7) is 8.20. The number of nitrogens with one attached hydrogen (secondary N) is 1. The number of ether oxygens (including phenoxy) is 1. The second kappa shape index (κ2) is 10.1. The van der Waals surface area contributed by atoms with E-state index < -0.39 is 0 Å². The number of likely N-dealkylation sites (tertiary alicyclic amines) is 1. The summed E-state index contributed by atoms with van der Waals surface area (Å²) in [4.78, 5) is 33.3. The standard InChI is InChI=1S/C25H31N5O3S/c1-15-16(2)28-29(4)25(32)21(15)24-26-17(3)22(34-24)23(31)27-19-10-12-30(13-11-19)14-18-8-6-7-9-20(18)33-5/h6-9,19H,10-14H2,1-5H3,(H,27,31). The van der Waals surface area contributed by atoms with E-state index in [2.05, 4.69) is 26.4 Å². The van der Waals surface area contributed by atoms with Crippen LogP contribution in [0.3, 0.4) is 0 Å². The zero-order valence-corrected chi connectivity index (χ0v) is 21.2. The fraction of sp³-hybridized carbons (Fsp3) is 0.440. The van der Waals surface area contributed by atoms with Crippen molar-refractivity contribution in [3.05, 3.63) is 62.0 Å². The molecule has 0 atom stereocenters. The van der Waals surface area contributed by atoms with Crippen molar-refractivity contribution < 1.29 is 9.53 Å². The average Bonchev–Trinajstić information content (AvgIpc) is 3.20. The number of benzene rings is 1. The van der Waals surface area contributed by atoms with Crippen LogP contribution in [0.2, 0.25) is 0 Å². The van der Waals surface area contributed by atoms with Gasteiger partial charge in [0.1, 0.15) is 15.6 Å². The van der Waals surface area contributed by atoms with Crippen LogP contribution in [0.5, 0.6) is 5.75 Å². The highest BCUT2D eigenvalue weighted by Crippen LogP contribution is 2.29. The van der Waals surface area contributed by atoms with Crippen LogP contribution in [0.25, 0.3) is 10.6 Å². The lowest BCUT2D eigenvalue weighted by Crippen LogP contribution is -2.44. The van der Waals surface area contributed by atoms with Gasteiger partial charge in [0.2, 0.25) is 0 Å². The molecule has 8 nitrogen and oxygen atoms in total. The third-order valence-corrected chi connectivity index (χ3v) is 7.63. The molecule has 2 aromatic heterocycles. The second-order valence-electron chi connectivity index (χ2n) is 8.78. The Labute approximate surface area is 203 Å². The zero-order chi connectivity index (χ0) is 24.4. The molecule has 0 spiro atoms. The molecule has 1 aromatic carbocycles. The summed E-state index contributed by atoms with van der Waals surface area (Å²) in [6.07, 6.45) is 1.77. The Kier molecular flexibility index (Phi) is 7.13. The summed E-state index contributed by atoms with van der Waals surface area (Å²) in [6, 6.07) is 8.20. The van der Waals surface area contributed by atoms with Gasteiger partial charge in [-0.05, 0) is 45.2 Å². The van der Waals surface area contributed by atoms with Crippen molar-refractivity contribution in [2.75, 3.05) is 20.2 Å². The molecule has 1 N–H and O–H groups in total. The first-order valence-electron chi connectivity index (χ1n) is 11.5. The molecule has 1 aliphatic rings. The highest BCUT2D eigenvalue weighted by Gasteiger charge is 2.25. The molecular formula is C25H31N5O3S. The highest BCUT2D eigenvalue weighted by atomic mass is 32.1. The Morgan fingerprint density at radius 3 is 2.59 bits per heavy atom. The molecule has 0 unspecified atom stereocenters. The molecule has 1 fully saturated rings.